The van der Waals surface area contributed by atoms with E-state index in [9.17, 15) is 13.6 Å². The molecule has 0 atom stereocenters. The number of hydrogen-bond acceptors (Lipinski definition) is 2. The molecule has 5 heteroatoms. The Kier molecular flexibility index (Phi) is 5.15. The van der Waals surface area contributed by atoms with E-state index >= 15 is 0 Å². The van der Waals surface area contributed by atoms with Crippen LogP contribution in [-0.2, 0) is 0 Å². The van der Waals surface area contributed by atoms with Gasteiger partial charge in [-0.1, -0.05) is 25.7 Å². The summed E-state index contributed by atoms with van der Waals surface area (Å²) < 4.78 is 27.5. The van der Waals surface area contributed by atoms with E-state index in [1.165, 1.54) is 19.9 Å². The van der Waals surface area contributed by atoms with Crippen molar-refractivity contribution in [3.63, 3.8) is 0 Å². The molecule has 21 heavy (non-hydrogen) atoms. The van der Waals surface area contributed by atoms with E-state index in [0.29, 0.717) is 0 Å². The quantitative estimate of drug-likeness (QED) is 0.860. The van der Waals surface area contributed by atoms with Gasteiger partial charge in [0.15, 0.2) is 0 Å². The number of carbonyl (C=O) groups is 1. The van der Waals surface area contributed by atoms with Gasteiger partial charge in [0, 0.05) is 25.7 Å². The highest BCUT2D eigenvalue weighted by molar-refractivity contribution is 5.94. The van der Waals surface area contributed by atoms with Gasteiger partial charge in [-0.15, -0.1) is 0 Å². The van der Waals surface area contributed by atoms with Crippen LogP contribution in [0, 0.1) is 11.6 Å². The van der Waals surface area contributed by atoms with Crippen molar-refractivity contribution in [2.24, 2.45) is 0 Å². The molecule has 1 aliphatic rings. The highest BCUT2D eigenvalue weighted by Gasteiger charge is 2.23. The SMILES string of the molecule is CNc1c(F)cc(C(=O)N(C)C2CCCCCC2)cc1F. The molecule has 0 saturated heterocycles. The van der Waals surface area contributed by atoms with Crippen LogP contribution in [0.25, 0.3) is 0 Å². The lowest BCUT2D eigenvalue weighted by atomic mass is 10.1. The summed E-state index contributed by atoms with van der Waals surface area (Å²) in [6.45, 7) is 0. The van der Waals surface area contributed by atoms with Gasteiger partial charge in [0.05, 0.1) is 0 Å². The summed E-state index contributed by atoms with van der Waals surface area (Å²) in [5.41, 5.74) is -0.139. The van der Waals surface area contributed by atoms with Crippen LogP contribution in [0.4, 0.5) is 14.5 Å². The second-order valence-electron chi connectivity index (χ2n) is 5.63. The minimum Gasteiger partial charge on any atom is -0.383 e. The van der Waals surface area contributed by atoms with Crippen LogP contribution in [0.2, 0.25) is 0 Å². The predicted molar refractivity (Wildman–Crippen MR) is 79.5 cm³/mol. The average Bonchev–Trinajstić information content (AvgIpc) is 2.74. The number of nitrogens with zero attached hydrogens (tertiary/aromatic N) is 1. The van der Waals surface area contributed by atoms with Crippen molar-refractivity contribution in [3.8, 4) is 0 Å². The number of nitrogens with one attached hydrogen (secondary N) is 1. The number of anilines is 1. The Balaban J connectivity index is 2.18. The number of amides is 1. The van der Waals surface area contributed by atoms with Crippen molar-refractivity contribution in [2.75, 3.05) is 19.4 Å². The van der Waals surface area contributed by atoms with Gasteiger partial charge in [-0.05, 0) is 25.0 Å². The maximum Gasteiger partial charge on any atom is 0.254 e. The first-order valence-electron chi connectivity index (χ1n) is 7.48. The van der Waals surface area contributed by atoms with Gasteiger partial charge in [0.1, 0.15) is 17.3 Å². The van der Waals surface area contributed by atoms with E-state index in [0.717, 1.165) is 37.8 Å². The fourth-order valence-electron chi connectivity index (χ4n) is 2.95. The summed E-state index contributed by atoms with van der Waals surface area (Å²) in [4.78, 5) is 14.1. The molecule has 0 aliphatic heterocycles. The molecule has 1 aromatic rings. The average molecular weight is 296 g/mol. The summed E-state index contributed by atoms with van der Waals surface area (Å²) in [6, 6.07) is 2.37. The van der Waals surface area contributed by atoms with E-state index < -0.39 is 11.6 Å². The molecule has 2 rings (SSSR count). The van der Waals surface area contributed by atoms with E-state index in [1.54, 1.807) is 11.9 Å². The number of hydrogen-bond donors (Lipinski definition) is 1. The van der Waals surface area contributed by atoms with Crippen LogP contribution in [0.15, 0.2) is 12.1 Å². The molecule has 116 valence electrons. The molecule has 1 N–H and O–H groups in total. The first-order chi connectivity index (χ1) is 10.0. The molecule has 1 amide bonds. The zero-order valence-electron chi connectivity index (χ0n) is 12.6. The van der Waals surface area contributed by atoms with Crippen LogP contribution >= 0.6 is 0 Å². The summed E-state index contributed by atoms with van der Waals surface area (Å²) in [7, 11) is 3.17. The monoisotopic (exact) mass is 296 g/mol. The summed E-state index contributed by atoms with van der Waals surface area (Å²) in [5.74, 6) is -1.80. The zero-order chi connectivity index (χ0) is 15.4. The maximum absolute atomic E-state index is 13.8. The molecule has 0 bridgehead atoms. The van der Waals surface area contributed by atoms with E-state index in [-0.39, 0.29) is 23.2 Å². The van der Waals surface area contributed by atoms with Crippen LogP contribution < -0.4 is 5.32 Å². The first kappa shape index (κ1) is 15.7. The number of benzene rings is 1. The summed E-state index contributed by atoms with van der Waals surface area (Å²) in [5, 5.41) is 2.46. The van der Waals surface area contributed by atoms with Gasteiger partial charge < -0.3 is 10.2 Å². The number of carbonyl (C=O) groups excluding carboxylic acids is 1. The number of rotatable bonds is 3. The molecule has 1 aliphatic carbocycles. The normalized spacial score (nSPS) is 16.4. The zero-order valence-corrected chi connectivity index (χ0v) is 12.6. The molecule has 1 saturated carbocycles. The van der Waals surface area contributed by atoms with Crippen molar-refractivity contribution in [3.05, 3.63) is 29.3 Å². The second-order valence-corrected chi connectivity index (χ2v) is 5.63. The Hall–Kier alpha value is -1.65. The molecular weight excluding hydrogens is 274 g/mol. The lowest BCUT2D eigenvalue weighted by Gasteiger charge is -2.27. The molecule has 0 unspecified atom stereocenters. The van der Waals surface area contributed by atoms with Crippen molar-refractivity contribution < 1.29 is 13.6 Å². The van der Waals surface area contributed by atoms with Gasteiger partial charge in [-0.2, -0.15) is 0 Å². The lowest BCUT2D eigenvalue weighted by Crippen LogP contribution is -2.36. The van der Waals surface area contributed by atoms with Gasteiger partial charge in [-0.25, -0.2) is 8.78 Å². The molecule has 0 radical (unpaired) electrons. The predicted octanol–water partition coefficient (Wildman–Crippen LogP) is 3.80. The number of halogens is 2. The molecule has 3 nitrogen and oxygen atoms in total. The third-order valence-electron chi connectivity index (χ3n) is 4.23. The smallest absolute Gasteiger partial charge is 0.254 e. The first-order valence-corrected chi connectivity index (χ1v) is 7.48. The fraction of sp³-hybridized carbons (Fsp3) is 0.562. The molecule has 0 spiro atoms. The van der Waals surface area contributed by atoms with E-state index in [2.05, 4.69) is 5.32 Å². The van der Waals surface area contributed by atoms with Crippen LogP contribution in [0.5, 0.6) is 0 Å². The lowest BCUT2D eigenvalue weighted by molar-refractivity contribution is 0.0716. The fourth-order valence-corrected chi connectivity index (χ4v) is 2.95. The minimum absolute atomic E-state index is 0.0655. The van der Waals surface area contributed by atoms with E-state index in [1.807, 2.05) is 0 Å². The van der Waals surface area contributed by atoms with Crippen molar-refractivity contribution in [2.45, 2.75) is 44.6 Å². The molecule has 1 fully saturated rings. The van der Waals surface area contributed by atoms with Gasteiger partial charge >= 0.3 is 0 Å². The van der Waals surface area contributed by atoms with Crippen molar-refractivity contribution in [1.29, 1.82) is 0 Å². The van der Waals surface area contributed by atoms with Crippen LogP contribution in [-0.4, -0.2) is 30.9 Å². The van der Waals surface area contributed by atoms with Crippen LogP contribution in [0.1, 0.15) is 48.9 Å². The van der Waals surface area contributed by atoms with Gasteiger partial charge in [0.2, 0.25) is 0 Å². The maximum atomic E-state index is 13.8. The Morgan fingerprint density at radius 2 is 1.67 bits per heavy atom. The Labute approximate surface area is 124 Å². The Morgan fingerprint density at radius 1 is 1.14 bits per heavy atom. The second kappa shape index (κ2) is 6.87. The molecule has 0 aromatic heterocycles. The standard InChI is InChI=1S/C16H22F2N2O/c1-19-15-13(17)9-11(10-14(15)18)16(21)20(2)12-7-5-3-4-6-8-12/h9-10,12,19H,3-8H2,1-2H3. The summed E-state index contributed by atoms with van der Waals surface area (Å²) >= 11 is 0. The Morgan fingerprint density at radius 3 is 2.14 bits per heavy atom. The third-order valence-corrected chi connectivity index (χ3v) is 4.23. The Bertz CT molecular complexity index is 488. The molecular formula is C16H22F2N2O. The van der Waals surface area contributed by atoms with Crippen molar-refractivity contribution >= 4 is 11.6 Å². The topological polar surface area (TPSA) is 32.3 Å². The highest BCUT2D eigenvalue weighted by Crippen LogP contribution is 2.24. The summed E-state index contributed by atoms with van der Waals surface area (Å²) in [6.07, 6.45) is 6.51. The largest absolute Gasteiger partial charge is 0.383 e. The molecule has 0 heterocycles. The minimum atomic E-state index is -0.741. The van der Waals surface area contributed by atoms with E-state index in [4.69, 9.17) is 0 Å². The van der Waals surface area contributed by atoms with Crippen molar-refractivity contribution in [1.82, 2.24) is 4.90 Å². The molecule has 1 aromatic carbocycles. The van der Waals surface area contributed by atoms with Gasteiger partial charge in [0.25, 0.3) is 5.91 Å². The van der Waals surface area contributed by atoms with Gasteiger partial charge in [-0.3, -0.25) is 4.79 Å². The van der Waals surface area contributed by atoms with Crippen LogP contribution in [0.3, 0.4) is 0 Å². The third kappa shape index (κ3) is 3.52. The highest BCUT2D eigenvalue weighted by atomic mass is 19.1.